The zero-order chi connectivity index (χ0) is 20.8. The first-order chi connectivity index (χ1) is 14.0. The van der Waals surface area contributed by atoms with E-state index in [1.807, 2.05) is 63.2 Å². The van der Waals surface area contributed by atoms with E-state index >= 15 is 0 Å². The molecule has 5 nitrogen and oxygen atoms in total. The largest absolute Gasteiger partial charge is 0.493 e. The number of carboxylic acid groups (broad SMARTS) is 1. The Morgan fingerprint density at radius 1 is 1.00 bits per heavy atom. The summed E-state index contributed by atoms with van der Waals surface area (Å²) in [6.07, 6.45) is 0.898. The zero-order valence-corrected chi connectivity index (χ0v) is 16.9. The number of ether oxygens (including phenoxy) is 2. The average Bonchev–Trinajstić information content (AvgIpc) is 2.71. The average molecular weight is 391 g/mol. The number of hydrogen-bond acceptors (Lipinski definition) is 4. The van der Waals surface area contributed by atoms with Crippen molar-refractivity contribution in [1.29, 1.82) is 0 Å². The molecule has 2 aromatic carbocycles. The molecular weight excluding hydrogens is 366 g/mol. The maximum atomic E-state index is 11.7. The first-order valence-electron chi connectivity index (χ1n) is 9.65. The Kier molecular flexibility index (Phi) is 6.50. The standard InChI is InChI=1S/C24H25NO4/c1-4-13-28-23-8-6-5-7-18(23)20-11-10-19(24(26)27)21(25-20)15-29-22-12-9-16(2)14-17(22)3/h5-12,14H,4,13,15H2,1-3H3,(H,26,27). The van der Waals surface area contributed by atoms with Crippen LogP contribution in [0.1, 0.15) is 40.5 Å². The molecule has 0 saturated carbocycles. The van der Waals surface area contributed by atoms with E-state index in [1.54, 1.807) is 12.1 Å². The van der Waals surface area contributed by atoms with Gasteiger partial charge >= 0.3 is 5.97 Å². The van der Waals surface area contributed by atoms with Crippen molar-refractivity contribution in [1.82, 2.24) is 4.98 Å². The van der Waals surface area contributed by atoms with Crippen LogP contribution in [0.2, 0.25) is 0 Å². The number of carboxylic acids is 1. The van der Waals surface area contributed by atoms with Gasteiger partial charge < -0.3 is 14.6 Å². The van der Waals surface area contributed by atoms with Crippen LogP contribution < -0.4 is 9.47 Å². The molecule has 150 valence electrons. The van der Waals surface area contributed by atoms with Crippen molar-refractivity contribution in [2.45, 2.75) is 33.8 Å². The highest BCUT2D eigenvalue weighted by atomic mass is 16.5. The molecule has 0 aliphatic carbocycles. The Morgan fingerprint density at radius 2 is 1.79 bits per heavy atom. The molecule has 0 bridgehead atoms. The second-order valence-electron chi connectivity index (χ2n) is 6.90. The SMILES string of the molecule is CCCOc1ccccc1-c1ccc(C(=O)O)c(COc2ccc(C)cc2C)n1. The number of rotatable bonds is 8. The number of hydrogen-bond donors (Lipinski definition) is 1. The molecule has 0 amide bonds. The molecule has 1 N–H and O–H groups in total. The summed E-state index contributed by atoms with van der Waals surface area (Å²) in [6.45, 7) is 6.70. The summed E-state index contributed by atoms with van der Waals surface area (Å²) in [7, 11) is 0. The van der Waals surface area contributed by atoms with E-state index in [-0.39, 0.29) is 12.2 Å². The number of nitrogens with zero attached hydrogens (tertiary/aromatic N) is 1. The van der Waals surface area contributed by atoms with Gasteiger partial charge in [0.2, 0.25) is 0 Å². The van der Waals surface area contributed by atoms with Crippen molar-refractivity contribution < 1.29 is 19.4 Å². The lowest BCUT2D eigenvalue weighted by atomic mass is 10.1. The zero-order valence-electron chi connectivity index (χ0n) is 16.9. The minimum atomic E-state index is -1.03. The molecule has 0 aliphatic heterocycles. The Balaban J connectivity index is 1.93. The maximum Gasteiger partial charge on any atom is 0.337 e. The molecule has 3 rings (SSSR count). The normalized spacial score (nSPS) is 10.6. The molecule has 3 aromatic rings. The van der Waals surface area contributed by atoms with Gasteiger partial charge in [0, 0.05) is 5.56 Å². The number of para-hydroxylation sites is 1. The quantitative estimate of drug-likeness (QED) is 0.554. The third kappa shape index (κ3) is 4.93. The first kappa shape index (κ1) is 20.4. The van der Waals surface area contributed by atoms with Crippen LogP contribution in [-0.2, 0) is 6.61 Å². The lowest BCUT2D eigenvalue weighted by molar-refractivity contribution is 0.0693. The van der Waals surface area contributed by atoms with Gasteiger partial charge in [-0.3, -0.25) is 0 Å². The van der Waals surface area contributed by atoms with Crippen LogP contribution >= 0.6 is 0 Å². The highest BCUT2D eigenvalue weighted by Gasteiger charge is 2.16. The number of carbonyl (C=O) groups is 1. The van der Waals surface area contributed by atoms with Crippen LogP contribution in [-0.4, -0.2) is 22.7 Å². The number of aromatic nitrogens is 1. The molecule has 0 saturated heterocycles. The van der Waals surface area contributed by atoms with Crippen LogP contribution in [0.3, 0.4) is 0 Å². The van der Waals surface area contributed by atoms with Crippen molar-refractivity contribution in [2.24, 2.45) is 0 Å². The molecule has 1 heterocycles. The lowest BCUT2D eigenvalue weighted by Gasteiger charge is -2.14. The van der Waals surface area contributed by atoms with Crippen LogP contribution in [0.4, 0.5) is 0 Å². The third-order valence-electron chi connectivity index (χ3n) is 4.52. The molecular formula is C24H25NO4. The van der Waals surface area contributed by atoms with E-state index in [1.165, 1.54) is 0 Å². The van der Waals surface area contributed by atoms with Gasteiger partial charge in [0.25, 0.3) is 0 Å². The molecule has 0 unspecified atom stereocenters. The second-order valence-corrected chi connectivity index (χ2v) is 6.90. The summed E-state index contributed by atoms with van der Waals surface area (Å²) in [5.74, 6) is 0.413. The van der Waals surface area contributed by atoms with Crippen LogP contribution in [0.25, 0.3) is 11.3 Å². The molecule has 29 heavy (non-hydrogen) atoms. The van der Waals surface area contributed by atoms with E-state index in [9.17, 15) is 9.90 Å². The Hall–Kier alpha value is -3.34. The second kappa shape index (κ2) is 9.24. The van der Waals surface area contributed by atoms with E-state index in [0.717, 1.165) is 28.9 Å². The first-order valence-corrected chi connectivity index (χ1v) is 9.65. The van der Waals surface area contributed by atoms with Gasteiger partial charge in [-0.25, -0.2) is 9.78 Å². The van der Waals surface area contributed by atoms with Crippen LogP contribution in [0.5, 0.6) is 11.5 Å². The van der Waals surface area contributed by atoms with Gasteiger partial charge in [0.1, 0.15) is 18.1 Å². The molecule has 1 aromatic heterocycles. The smallest absolute Gasteiger partial charge is 0.337 e. The molecule has 0 atom stereocenters. The monoisotopic (exact) mass is 391 g/mol. The van der Waals surface area contributed by atoms with Gasteiger partial charge in [0.15, 0.2) is 0 Å². The number of aromatic carboxylic acids is 1. The summed E-state index contributed by atoms with van der Waals surface area (Å²) in [5, 5.41) is 9.57. The Morgan fingerprint density at radius 3 is 2.52 bits per heavy atom. The van der Waals surface area contributed by atoms with Crippen LogP contribution in [0, 0.1) is 13.8 Å². The van der Waals surface area contributed by atoms with Crippen molar-refractivity contribution >= 4 is 5.97 Å². The summed E-state index contributed by atoms with van der Waals surface area (Å²) in [5.41, 5.74) is 4.12. The Bertz CT molecular complexity index is 1010. The van der Waals surface area contributed by atoms with Gasteiger partial charge in [-0.05, 0) is 56.2 Å². The third-order valence-corrected chi connectivity index (χ3v) is 4.52. The van der Waals surface area contributed by atoms with E-state index in [0.29, 0.717) is 23.7 Å². The highest BCUT2D eigenvalue weighted by Crippen LogP contribution is 2.30. The number of pyridine rings is 1. The highest BCUT2D eigenvalue weighted by molar-refractivity contribution is 5.89. The van der Waals surface area contributed by atoms with Crippen molar-refractivity contribution in [2.75, 3.05) is 6.61 Å². The van der Waals surface area contributed by atoms with Crippen molar-refractivity contribution in [3.05, 3.63) is 77.0 Å². The number of benzene rings is 2. The topological polar surface area (TPSA) is 68.7 Å². The van der Waals surface area contributed by atoms with E-state index in [4.69, 9.17) is 9.47 Å². The summed E-state index contributed by atoms with van der Waals surface area (Å²) in [6, 6.07) is 16.8. The van der Waals surface area contributed by atoms with Gasteiger partial charge in [0.05, 0.1) is 23.6 Å². The predicted octanol–water partition coefficient (Wildman–Crippen LogP) is 5.43. The van der Waals surface area contributed by atoms with Gasteiger partial charge in [-0.1, -0.05) is 36.8 Å². The predicted molar refractivity (Wildman–Crippen MR) is 113 cm³/mol. The molecule has 0 spiro atoms. The summed E-state index contributed by atoms with van der Waals surface area (Å²) < 4.78 is 11.7. The van der Waals surface area contributed by atoms with Gasteiger partial charge in [-0.15, -0.1) is 0 Å². The lowest BCUT2D eigenvalue weighted by Crippen LogP contribution is -2.09. The number of aryl methyl sites for hydroxylation is 2. The molecule has 0 radical (unpaired) electrons. The van der Waals surface area contributed by atoms with Crippen molar-refractivity contribution in [3.8, 4) is 22.8 Å². The maximum absolute atomic E-state index is 11.7. The van der Waals surface area contributed by atoms with Gasteiger partial charge in [-0.2, -0.15) is 0 Å². The fraction of sp³-hybridized carbons (Fsp3) is 0.250. The van der Waals surface area contributed by atoms with Crippen molar-refractivity contribution in [3.63, 3.8) is 0 Å². The Labute approximate surface area is 171 Å². The summed E-state index contributed by atoms with van der Waals surface area (Å²) >= 11 is 0. The van der Waals surface area contributed by atoms with E-state index < -0.39 is 5.97 Å². The molecule has 0 aliphatic rings. The minimum Gasteiger partial charge on any atom is -0.493 e. The van der Waals surface area contributed by atoms with Crippen LogP contribution in [0.15, 0.2) is 54.6 Å². The van der Waals surface area contributed by atoms with E-state index in [2.05, 4.69) is 4.98 Å². The summed E-state index contributed by atoms with van der Waals surface area (Å²) in [4.78, 5) is 16.3. The molecule has 5 heteroatoms. The molecule has 0 fully saturated rings. The minimum absolute atomic E-state index is 0.0668. The fourth-order valence-electron chi connectivity index (χ4n) is 3.08. The fourth-order valence-corrected chi connectivity index (χ4v) is 3.08.